The maximum absolute atomic E-state index is 12.9. The van der Waals surface area contributed by atoms with Crippen molar-refractivity contribution in [2.24, 2.45) is 5.73 Å². The molecule has 0 atom stereocenters. The summed E-state index contributed by atoms with van der Waals surface area (Å²) >= 11 is 0. The van der Waals surface area contributed by atoms with Gasteiger partial charge in [0.1, 0.15) is 5.82 Å². The summed E-state index contributed by atoms with van der Waals surface area (Å²) in [6.07, 6.45) is 0. The highest BCUT2D eigenvalue weighted by atomic mass is 32.2. The number of hydrogen-bond donors (Lipinski definition) is 2. The van der Waals surface area contributed by atoms with Gasteiger partial charge in [0.05, 0.1) is 4.90 Å². The zero-order valence-corrected chi connectivity index (χ0v) is 10.9. The van der Waals surface area contributed by atoms with E-state index in [2.05, 4.69) is 4.72 Å². The summed E-state index contributed by atoms with van der Waals surface area (Å²) < 4.78 is 39.5. The van der Waals surface area contributed by atoms with Gasteiger partial charge in [0, 0.05) is 12.1 Å². The van der Waals surface area contributed by atoms with Gasteiger partial charge in [-0.15, -0.1) is 0 Å². The molecule has 0 heterocycles. The molecule has 0 saturated carbocycles. The van der Waals surface area contributed by atoms with Crippen LogP contribution in [0.3, 0.4) is 0 Å². The van der Waals surface area contributed by atoms with Gasteiger partial charge < -0.3 is 5.73 Å². The van der Waals surface area contributed by atoms with Crippen molar-refractivity contribution in [2.45, 2.75) is 31.2 Å². The van der Waals surface area contributed by atoms with E-state index in [4.69, 9.17) is 5.73 Å². The highest BCUT2D eigenvalue weighted by Crippen LogP contribution is 2.17. The zero-order valence-electron chi connectivity index (χ0n) is 10.1. The normalized spacial score (nSPS) is 12.8. The molecule has 3 N–H and O–H groups in total. The van der Waals surface area contributed by atoms with Crippen molar-refractivity contribution in [2.75, 3.05) is 6.54 Å². The van der Waals surface area contributed by atoms with Gasteiger partial charge in [-0.3, -0.25) is 0 Å². The van der Waals surface area contributed by atoms with Crippen LogP contribution in [0.25, 0.3) is 0 Å². The Labute approximate surface area is 101 Å². The monoisotopic (exact) mass is 260 g/mol. The highest BCUT2D eigenvalue weighted by Gasteiger charge is 2.26. The third-order valence-corrected chi connectivity index (χ3v) is 4.21. The predicted molar refractivity (Wildman–Crippen MR) is 64.6 cm³/mol. The largest absolute Gasteiger partial charge is 0.329 e. The molecule has 4 nitrogen and oxygen atoms in total. The van der Waals surface area contributed by atoms with Crippen LogP contribution in [0.2, 0.25) is 0 Å². The minimum Gasteiger partial charge on any atom is -0.329 e. The Morgan fingerprint density at radius 2 is 2.00 bits per heavy atom. The number of nitrogens with two attached hydrogens (primary N) is 1. The summed E-state index contributed by atoms with van der Waals surface area (Å²) in [7, 11) is -3.67. The van der Waals surface area contributed by atoms with Gasteiger partial charge >= 0.3 is 0 Å². The van der Waals surface area contributed by atoms with Crippen LogP contribution in [0.4, 0.5) is 4.39 Å². The maximum atomic E-state index is 12.9. The van der Waals surface area contributed by atoms with Crippen molar-refractivity contribution < 1.29 is 12.8 Å². The molecule has 0 fully saturated rings. The van der Waals surface area contributed by atoms with E-state index < -0.39 is 21.4 Å². The first-order chi connectivity index (χ1) is 7.68. The lowest BCUT2D eigenvalue weighted by atomic mass is 10.1. The van der Waals surface area contributed by atoms with Gasteiger partial charge in [-0.05, 0) is 44.5 Å². The summed E-state index contributed by atoms with van der Waals surface area (Å²) in [5.41, 5.74) is 5.10. The molecule has 1 aromatic carbocycles. The maximum Gasteiger partial charge on any atom is 0.241 e. The van der Waals surface area contributed by atoms with Crippen LogP contribution < -0.4 is 10.5 Å². The zero-order chi connectivity index (χ0) is 13.3. The van der Waals surface area contributed by atoms with Crippen molar-refractivity contribution in [1.82, 2.24) is 4.72 Å². The molecule has 0 spiro atoms. The fourth-order valence-corrected chi connectivity index (χ4v) is 3.03. The van der Waals surface area contributed by atoms with Crippen molar-refractivity contribution >= 4 is 10.0 Å². The van der Waals surface area contributed by atoms with Gasteiger partial charge in [-0.2, -0.15) is 0 Å². The van der Waals surface area contributed by atoms with Crippen LogP contribution in [0.5, 0.6) is 0 Å². The second-order valence-electron chi connectivity index (χ2n) is 4.60. The average molecular weight is 260 g/mol. The summed E-state index contributed by atoms with van der Waals surface area (Å²) in [6.45, 7) is 5.09. The van der Waals surface area contributed by atoms with Crippen LogP contribution in [0, 0.1) is 12.7 Å². The van der Waals surface area contributed by atoms with Gasteiger partial charge in [0.25, 0.3) is 0 Å². The second-order valence-corrected chi connectivity index (χ2v) is 6.25. The van der Waals surface area contributed by atoms with E-state index in [0.717, 1.165) is 6.07 Å². The van der Waals surface area contributed by atoms with E-state index in [1.165, 1.54) is 12.1 Å². The van der Waals surface area contributed by atoms with Gasteiger partial charge in [-0.1, -0.05) is 0 Å². The third kappa shape index (κ3) is 3.49. The second kappa shape index (κ2) is 4.72. The van der Waals surface area contributed by atoms with Crippen LogP contribution >= 0.6 is 0 Å². The Hall–Kier alpha value is -0.980. The molecule has 0 bridgehead atoms. The highest BCUT2D eigenvalue weighted by molar-refractivity contribution is 7.89. The molecule has 0 aliphatic rings. The summed E-state index contributed by atoms with van der Waals surface area (Å²) in [6, 6.07) is 3.56. The van der Waals surface area contributed by atoms with Gasteiger partial charge in [-0.25, -0.2) is 17.5 Å². The van der Waals surface area contributed by atoms with E-state index in [1.807, 2.05) is 0 Å². The number of nitrogens with one attached hydrogen (secondary N) is 1. The molecule has 0 aliphatic carbocycles. The minimum atomic E-state index is -3.67. The van der Waals surface area contributed by atoms with E-state index in [-0.39, 0.29) is 11.4 Å². The van der Waals surface area contributed by atoms with Crippen LogP contribution in [-0.4, -0.2) is 20.5 Å². The topological polar surface area (TPSA) is 72.2 Å². The smallest absolute Gasteiger partial charge is 0.241 e. The molecule has 0 amide bonds. The lowest BCUT2D eigenvalue weighted by Crippen LogP contribution is -2.48. The fourth-order valence-electron chi connectivity index (χ4n) is 1.37. The van der Waals surface area contributed by atoms with Crippen molar-refractivity contribution in [3.63, 3.8) is 0 Å². The van der Waals surface area contributed by atoms with Crippen molar-refractivity contribution in [3.05, 3.63) is 29.6 Å². The number of sulfonamides is 1. The summed E-state index contributed by atoms with van der Waals surface area (Å²) in [4.78, 5) is 0.0698. The molecular weight excluding hydrogens is 243 g/mol. The Bertz CT molecular complexity index is 512. The molecular formula is C11H17FN2O2S. The SMILES string of the molecule is Cc1cc(F)ccc1S(=O)(=O)NC(C)(C)CN. The lowest BCUT2D eigenvalue weighted by Gasteiger charge is -2.24. The standard InChI is InChI=1S/C11H17FN2O2S/c1-8-6-9(12)4-5-10(8)17(15,16)14-11(2,3)7-13/h4-6,14H,7,13H2,1-3H3. The van der Waals surface area contributed by atoms with Gasteiger partial charge in [0.15, 0.2) is 0 Å². The Morgan fingerprint density at radius 1 is 1.41 bits per heavy atom. The number of aryl methyl sites for hydroxylation is 1. The van der Waals surface area contributed by atoms with E-state index in [1.54, 1.807) is 20.8 Å². The van der Waals surface area contributed by atoms with Crippen molar-refractivity contribution in [3.8, 4) is 0 Å². The molecule has 0 aromatic heterocycles. The first-order valence-corrected chi connectivity index (χ1v) is 6.66. The van der Waals surface area contributed by atoms with E-state index in [0.29, 0.717) is 5.56 Å². The number of benzene rings is 1. The lowest BCUT2D eigenvalue weighted by molar-refractivity contribution is 0.462. The molecule has 0 unspecified atom stereocenters. The molecule has 1 aromatic rings. The Morgan fingerprint density at radius 3 is 2.47 bits per heavy atom. The molecule has 0 aliphatic heterocycles. The molecule has 96 valence electrons. The number of hydrogen-bond acceptors (Lipinski definition) is 3. The Balaban J connectivity index is 3.14. The predicted octanol–water partition coefficient (Wildman–Crippen LogP) is 1.15. The summed E-state index contributed by atoms with van der Waals surface area (Å²) in [5, 5.41) is 0. The van der Waals surface area contributed by atoms with Crippen LogP contribution in [-0.2, 0) is 10.0 Å². The third-order valence-electron chi connectivity index (χ3n) is 2.35. The van der Waals surface area contributed by atoms with Crippen molar-refractivity contribution in [1.29, 1.82) is 0 Å². The number of halogens is 1. The quantitative estimate of drug-likeness (QED) is 0.853. The van der Waals surface area contributed by atoms with E-state index in [9.17, 15) is 12.8 Å². The fraction of sp³-hybridized carbons (Fsp3) is 0.455. The molecule has 0 saturated heterocycles. The first-order valence-electron chi connectivity index (χ1n) is 5.18. The Kier molecular flexibility index (Phi) is 3.91. The molecule has 0 radical (unpaired) electrons. The minimum absolute atomic E-state index is 0.0698. The van der Waals surface area contributed by atoms with Gasteiger partial charge in [0.2, 0.25) is 10.0 Å². The van der Waals surface area contributed by atoms with Crippen LogP contribution in [0.1, 0.15) is 19.4 Å². The molecule has 6 heteroatoms. The first kappa shape index (κ1) is 14.1. The van der Waals surface area contributed by atoms with E-state index >= 15 is 0 Å². The van der Waals surface area contributed by atoms with Crippen LogP contribution in [0.15, 0.2) is 23.1 Å². The molecule has 1 rings (SSSR count). The average Bonchev–Trinajstić information content (AvgIpc) is 2.15. The molecule has 17 heavy (non-hydrogen) atoms. The number of rotatable bonds is 4. The summed E-state index contributed by atoms with van der Waals surface area (Å²) in [5.74, 6) is -0.459.